The lowest BCUT2D eigenvalue weighted by molar-refractivity contribution is -0.120. The van der Waals surface area contributed by atoms with Crippen LogP contribution in [-0.4, -0.2) is 15.9 Å². The van der Waals surface area contributed by atoms with Crippen molar-refractivity contribution in [2.45, 2.75) is 6.42 Å². The van der Waals surface area contributed by atoms with E-state index in [1.165, 1.54) is 0 Å². The Balaban J connectivity index is 2.45. The minimum absolute atomic E-state index is 0.0194. The van der Waals surface area contributed by atoms with Gasteiger partial charge >= 0.3 is 0 Å². The van der Waals surface area contributed by atoms with E-state index in [-0.39, 0.29) is 12.3 Å². The molecule has 0 saturated carbocycles. The molecule has 0 spiro atoms. The Bertz CT molecular complexity index is 540. The molecule has 0 unspecified atom stereocenters. The van der Waals surface area contributed by atoms with Crippen molar-refractivity contribution in [3.05, 3.63) is 30.1 Å². The molecule has 5 N–H and O–H groups in total. The Labute approximate surface area is 91.6 Å². The quantitative estimate of drug-likeness (QED) is 0.365. The SMILES string of the molecule is NNC(=O)Cc1nc(N)c2ccccc2n1. The van der Waals surface area contributed by atoms with Crippen molar-refractivity contribution < 1.29 is 4.79 Å². The number of nitrogen functional groups attached to an aromatic ring is 1. The minimum Gasteiger partial charge on any atom is -0.383 e. The molecule has 2 aromatic rings. The van der Waals surface area contributed by atoms with Gasteiger partial charge in [-0.05, 0) is 12.1 Å². The first-order chi connectivity index (χ1) is 7.70. The summed E-state index contributed by atoms with van der Waals surface area (Å²) in [6.07, 6.45) is 0.0194. The summed E-state index contributed by atoms with van der Waals surface area (Å²) in [5.74, 6) is 5.36. The van der Waals surface area contributed by atoms with Crippen molar-refractivity contribution >= 4 is 22.6 Å². The number of nitrogens with two attached hydrogens (primary N) is 2. The van der Waals surface area contributed by atoms with E-state index in [0.717, 1.165) is 10.9 Å². The highest BCUT2D eigenvalue weighted by Crippen LogP contribution is 2.16. The van der Waals surface area contributed by atoms with Crippen molar-refractivity contribution in [3.8, 4) is 0 Å². The highest BCUT2D eigenvalue weighted by Gasteiger charge is 2.07. The number of rotatable bonds is 2. The molecule has 6 nitrogen and oxygen atoms in total. The lowest BCUT2D eigenvalue weighted by atomic mass is 10.2. The summed E-state index contributed by atoms with van der Waals surface area (Å²) < 4.78 is 0. The van der Waals surface area contributed by atoms with Gasteiger partial charge in [0.25, 0.3) is 0 Å². The number of fused-ring (bicyclic) bond motifs is 1. The van der Waals surface area contributed by atoms with Gasteiger partial charge in [-0.1, -0.05) is 12.1 Å². The van der Waals surface area contributed by atoms with Crippen LogP contribution in [0.2, 0.25) is 0 Å². The smallest absolute Gasteiger partial charge is 0.241 e. The predicted octanol–water partition coefficient (Wildman–Crippen LogP) is -0.256. The van der Waals surface area contributed by atoms with Crippen LogP contribution in [-0.2, 0) is 11.2 Å². The molecule has 0 atom stereocenters. The number of anilines is 1. The molecule has 0 fully saturated rings. The molecule has 0 aliphatic rings. The number of carbonyl (C=O) groups excluding carboxylic acids is 1. The van der Waals surface area contributed by atoms with E-state index in [1.54, 1.807) is 0 Å². The standard InChI is InChI=1S/C10H11N5O/c11-10-6-3-1-2-4-7(6)13-8(14-10)5-9(16)15-12/h1-4H,5,12H2,(H,15,16)(H2,11,13,14). The molecule has 82 valence electrons. The summed E-state index contributed by atoms with van der Waals surface area (Å²) in [5, 5.41) is 0.777. The van der Waals surface area contributed by atoms with Crippen LogP contribution in [0.25, 0.3) is 10.9 Å². The molecule has 1 amide bonds. The van der Waals surface area contributed by atoms with Crippen molar-refractivity contribution in [1.29, 1.82) is 0 Å². The molecule has 16 heavy (non-hydrogen) atoms. The maximum atomic E-state index is 11.1. The number of hydrazine groups is 1. The van der Waals surface area contributed by atoms with Gasteiger partial charge in [-0.15, -0.1) is 0 Å². The normalized spacial score (nSPS) is 10.3. The van der Waals surface area contributed by atoms with Crippen LogP contribution in [0, 0.1) is 0 Å². The van der Waals surface area contributed by atoms with Crippen LogP contribution in [0.4, 0.5) is 5.82 Å². The number of amides is 1. The van der Waals surface area contributed by atoms with E-state index in [4.69, 9.17) is 11.6 Å². The molecule has 1 aromatic heterocycles. The topological polar surface area (TPSA) is 107 Å². The first-order valence-corrected chi connectivity index (χ1v) is 4.71. The summed E-state index contributed by atoms with van der Waals surface area (Å²) in [4.78, 5) is 19.3. The summed E-state index contributed by atoms with van der Waals surface area (Å²) in [7, 11) is 0. The third-order valence-corrected chi connectivity index (χ3v) is 2.16. The summed E-state index contributed by atoms with van der Waals surface area (Å²) in [6.45, 7) is 0. The van der Waals surface area contributed by atoms with Crippen LogP contribution in [0.3, 0.4) is 0 Å². The van der Waals surface area contributed by atoms with Crippen LogP contribution in [0.5, 0.6) is 0 Å². The zero-order valence-electron chi connectivity index (χ0n) is 8.47. The van der Waals surface area contributed by atoms with E-state index >= 15 is 0 Å². The lowest BCUT2D eigenvalue weighted by Gasteiger charge is -2.04. The second-order valence-electron chi connectivity index (χ2n) is 3.29. The highest BCUT2D eigenvalue weighted by atomic mass is 16.2. The average molecular weight is 217 g/mol. The van der Waals surface area contributed by atoms with Crippen LogP contribution in [0.1, 0.15) is 5.82 Å². The molecule has 0 aliphatic carbocycles. The van der Waals surface area contributed by atoms with Gasteiger partial charge in [0.15, 0.2) is 0 Å². The fraction of sp³-hybridized carbons (Fsp3) is 0.100. The molecule has 1 aromatic carbocycles. The van der Waals surface area contributed by atoms with Gasteiger partial charge in [-0.3, -0.25) is 10.2 Å². The Kier molecular flexibility index (Phi) is 2.65. The average Bonchev–Trinajstić information content (AvgIpc) is 2.29. The zero-order chi connectivity index (χ0) is 11.5. The van der Waals surface area contributed by atoms with Crippen molar-refractivity contribution in [2.24, 2.45) is 5.84 Å². The number of nitrogens with zero attached hydrogens (tertiary/aromatic N) is 2. The minimum atomic E-state index is -0.352. The third kappa shape index (κ3) is 1.91. The van der Waals surface area contributed by atoms with Gasteiger partial charge in [-0.2, -0.15) is 0 Å². The van der Waals surface area contributed by atoms with Gasteiger partial charge in [0.1, 0.15) is 11.6 Å². The molecule has 2 rings (SSSR count). The Hall–Kier alpha value is -2.21. The predicted molar refractivity (Wildman–Crippen MR) is 60.0 cm³/mol. The van der Waals surface area contributed by atoms with E-state index in [2.05, 4.69) is 9.97 Å². The van der Waals surface area contributed by atoms with Crippen molar-refractivity contribution in [2.75, 3.05) is 5.73 Å². The monoisotopic (exact) mass is 217 g/mol. The molecule has 6 heteroatoms. The number of carbonyl (C=O) groups is 1. The lowest BCUT2D eigenvalue weighted by Crippen LogP contribution is -2.32. The van der Waals surface area contributed by atoms with Crippen molar-refractivity contribution in [1.82, 2.24) is 15.4 Å². The summed E-state index contributed by atoms with van der Waals surface area (Å²) >= 11 is 0. The van der Waals surface area contributed by atoms with Gasteiger partial charge < -0.3 is 5.73 Å². The third-order valence-electron chi connectivity index (χ3n) is 2.16. The molecule has 0 radical (unpaired) electrons. The van der Waals surface area contributed by atoms with Crippen molar-refractivity contribution in [3.63, 3.8) is 0 Å². The van der Waals surface area contributed by atoms with Gasteiger partial charge in [-0.25, -0.2) is 15.8 Å². The molecule has 0 saturated heterocycles. The summed E-state index contributed by atoms with van der Waals surface area (Å²) in [5.41, 5.74) is 8.50. The first kappa shape index (κ1) is 10.3. The van der Waals surface area contributed by atoms with E-state index < -0.39 is 0 Å². The number of benzene rings is 1. The molecular weight excluding hydrogens is 206 g/mol. The molecular formula is C10H11N5O. The Morgan fingerprint density at radius 2 is 2.06 bits per heavy atom. The number of hydrogen-bond donors (Lipinski definition) is 3. The Morgan fingerprint density at radius 3 is 2.81 bits per heavy atom. The zero-order valence-corrected chi connectivity index (χ0v) is 8.47. The number of para-hydroxylation sites is 1. The number of aromatic nitrogens is 2. The van der Waals surface area contributed by atoms with E-state index in [9.17, 15) is 4.79 Å². The maximum absolute atomic E-state index is 11.1. The number of nitrogens with one attached hydrogen (secondary N) is 1. The van der Waals surface area contributed by atoms with Gasteiger partial charge in [0, 0.05) is 5.39 Å². The van der Waals surface area contributed by atoms with Crippen LogP contribution in [0.15, 0.2) is 24.3 Å². The molecule has 0 bridgehead atoms. The first-order valence-electron chi connectivity index (χ1n) is 4.71. The van der Waals surface area contributed by atoms with Gasteiger partial charge in [0.05, 0.1) is 11.9 Å². The largest absolute Gasteiger partial charge is 0.383 e. The summed E-state index contributed by atoms with van der Waals surface area (Å²) in [6, 6.07) is 7.35. The van der Waals surface area contributed by atoms with Gasteiger partial charge in [0.2, 0.25) is 5.91 Å². The molecule has 0 aliphatic heterocycles. The molecule has 1 heterocycles. The van der Waals surface area contributed by atoms with Crippen LogP contribution < -0.4 is 17.0 Å². The fourth-order valence-corrected chi connectivity index (χ4v) is 1.42. The number of hydrogen-bond acceptors (Lipinski definition) is 5. The van der Waals surface area contributed by atoms with E-state index in [1.807, 2.05) is 29.7 Å². The fourth-order valence-electron chi connectivity index (χ4n) is 1.42. The second kappa shape index (κ2) is 4.11. The highest BCUT2D eigenvalue weighted by molar-refractivity contribution is 5.88. The maximum Gasteiger partial charge on any atom is 0.241 e. The second-order valence-corrected chi connectivity index (χ2v) is 3.29. The van der Waals surface area contributed by atoms with E-state index in [0.29, 0.717) is 11.6 Å². The van der Waals surface area contributed by atoms with Crippen LogP contribution >= 0.6 is 0 Å². The Morgan fingerprint density at radius 1 is 1.31 bits per heavy atom.